The van der Waals surface area contributed by atoms with Crippen molar-refractivity contribution in [1.82, 2.24) is 0 Å². The minimum atomic E-state index is 0.975. The highest BCUT2D eigenvalue weighted by Crippen LogP contribution is 2.43. The lowest BCUT2D eigenvalue weighted by Crippen LogP contribution is -1.94. The van der Waals surface area contributed by atoms with Crippen LogP contribution in [-0.4, -0.2) is 0 Å². The molecule has 0 saturated heterocycles. The van der Waals surface area contributed by atoms with Crippen LogP contribution in [0.2, 0.25) is 0 Å². The van der Waals surface area contributed by atoms with E-state index in [2.05, 4.69) is 122 Å². The maximum absolute atomic E-state index is 4.59. The molecule has 8 rings (SSSR count). The second-order valence-corrected chi connectivity index (χ2v) is 9.90. The summed E-state index contributed by atoms with van der Waals surface area (Å²) in [7, 11) is 0. The van der Waals surface area contributed by atoms with E-state index in [1.165, 1.54) is 64.6 Å². The molecule has 0 bridgehead atoms. The fourth-order valence-corrected chi connectivity index (χ4v) is 6.32. The van der Waals surface area contributed by atoms with Crippen molar-refractivity contribution in [2.45, 2.75) is 0 Å². The summed E-state index contributed by atoms with van der Waals surface area (Å²) in [6.07, 6.45) is 0. The molecule has 0 nitrogen and oxygen atoms in total. The molecule has 0 aliphatic rings. The van der Waals surface area contributed by atoms with Gasteiger partial charge >= 0.3 is 0 Å². The molecule has 0 aromatic heterocycles. The Labute approximate surface area is 209 Å². The monoisotopic (exact) mass is 454 g/mol. The number of hydrogen-bond acceptors (Lipinski definition) is 0. The van der Waals surface area contributed by atoms with Gasteiger partial charge in [-0.05, 0) is 86.9 Å². The van der Waals surface area contributed by atoms with Crippen molar-refractivity contribution in [3.63, 3.8) is 0 Å². The first-order valence-electron chi connectivity index (χ1n) is 12.4. The maximum atomic E-state index is 4.59. The highest BCUT2D eigenvalue weighted by atomic mass is 14.2. The second kappa shape index (κ2) is 6.93. The van der Waals surface area contributed by atoms with Crippen LogP contribution in [0.3, 0.4) is 0 Å². The summed E-state index contributed by atoms with van der Waals surface area (Å²) in [4.78, 5) is 0. The van der Waals surface area contributed by atoms with Gasteiger partial charge in [-0.2, -0.15) is 0 Å². The van der Waals surface area contributed by atoms with Crippen LogP contribution < -0.4 is 0 Å². The second-order valence-electron chi connectivity index (χ2n) is 9.90. The van der Waals surface area contributed by atoms with E-state index in [1.54, 1.807) is 0 Å². The standard InChI is InChI=1S/C36H22/c1-21(29-17-13-27-11-9-23-5-3-7-25-15-19-31(29)35(27)33(23)25)22(2)30-18-14-28-12-10-24-6-4-8-26-16-20-32(30)36(28)34(24)26/h3-20H,1-2H2. The fourth-order valence-electron chi connectivity index (χ4n) is 6.32. The van der Waals surface area contributed by atoms with E-state index in [4.69, 9.17) is 0 Å². The molecule has 0 aliphatic heterocycles. The van der Waals surface area contributed by atoms with Gasteiger partial charge in [0, 0.05) is 0 Å². The van der Waals surface area contributed by atoms with Gasteiger partial charge < -0.3 is 0 Å². The third-order valence-electron chi connectivity index (χ3n) is 8.07. The van der Waals surface area contributed by atoms with Crippen LogP contribution >= 0.6 is 0 Å². The lowest BCUT2D eigenvalue weighted by atomic mass is 9.85. The molecule has 0 aliphatic carbocycles. The summed E-state index contributed by atoms with van der Waals surface area (Å²) in [6.45, 7) is 9.19. The van der Waals surface area contributed by atoms with Crippen LogP contribution in [0.15, 0.2) is 122 Å². The first-order valence-corrected chi connectivity index (χ1v) is 12.4. The Bertz CT molecular complexity index is 1980. The minimum absolute atomic E-state index is 0.975. The van der Waals surface area contributed by atoms with Crippen molar-refractivity contribution in [2.75, 3.05) is 0 Å². The van der Waals surface area contributed by atoms with E-state index in [-0.39, 0.29) is 0 Å². The molecule has 8 aromatic rings. The van der Waals surface area contributed by atoms with Gasteiger partial charge in [0.15, 0.2) is 0 Å². The molecule has 0 heterocycles. The predicted molar refractivity (Wildman–Crippen MR) is 158 cm³/mol. The van der Waals surface area contributed by atoms with Gasteiger partial charge in [0.25, 0.3) is 0 Å². The Morgan fingerprint density at radius 3 is 1.03 bits per heavy atom. The van der Waals surface area contributed by atoms with Crippen LogP contribution in [0, 0.1) is 0 Å². The molecule has 0 fully saturated rings. The maximum Gasteiger partial charge on any atom is -0.00206 e. The summed E-state index contributed by atoms with van der Waals surface area (Å²) in [5, 5.41) is 15.4. The number of hydrogen-bond donors (Lipinski definition) is 0. The van der Waals surface area contributed by atoms with Gasteiger partial charge in [-0.1, -0.05) is 122 Å². The summed E-state index contributed by atoms with van der Waals surface area (Å²) in [5.41, 5.74) is 4.25. The molecule has 166 valence electrons. The van der Waals surface area contributed by atoms with Crippen molar-refractivity contribution in [3.05, 3.63) is 133 Å². The van der Waals surface area contributed by atoms with Gasteiger partial charge in [0.05, 0.1) is 0 Å². The SMILES string of the molecule is C=C(C(=C)c1ccc2ccc3cccc4ccc1c2c34)c1ccc2ccc3cccc4ccc1c2c34. The van der Waals surface area contributed by atoms with E-state index in [0.29, 0.717) is 0 Å². The first kappa shape index (κ1) is 19.6. The first-order chi connectivity index (χ1) is 17.7. The Balaban J connectivity index is 1.36. The molecule has 0 amide bonds. The zero-order chi connectivity index (χ0) is 24.0. The van der Waals surface area contributed by atoms with Gasteiger partial charge in [-0.25, -0.2) is 0 Å². The third-order valence-corrected chi connectivity index (χ3v) is 8.07. The smallest absolute Gasteiger partial charge is 0.00206 e. The highest BCUT2D eigenvalue weighted by molar-refractivity contribution is 6.28. The topological polar surface area (TPSA) is 0 Å². The van der Waals surface area contributed by atoms with Crippen molar-refractivity contribution in [1.29, 1.82) is 0 Å². The molecule has 0 radical (unpaired) electrons. The largest absolute Gasteiger partial charge is 0.0905 e. The van der Waals surface area contributed by atoms with Crippen molar-refractivity contribution in [3.8, 4) is 0 Å². The average molecular weight is 455 g/mol. The highest BCUT2D eigenvalue weighted by Gasteiger charge is 2.17. The normalized spacial score (nSPS) is 12.1. The molecular formula is C36H22. The molecule has 0 saturated carbocycles. The molecule has 0 unspecified atom stereocenters. The van der Waals surface area contributed by atoms with Crippen LogP contribution in [0.25, 0.3) is 75.8 Å². The zero-order valence-electron chi connectivity index (χ0n) is 19.8. The average Bonchev–Trinajstić information content (AvgIpc) is 2.94. The summed E-state index contributed by atoms with van der Waals surface area (Å²) in [6, 6.07) is 39.8. The van der Waals surface area contributed by atoms with E-state index in [1.807, 2.05) is 0 Å². The van der Waals surface area contributed by atoms with Gasteiger partial charge in [-0.15, -0.1) is 0 Å². The number of benzene rings is 8. The molecule has 0 spiro atoms. The Morgan fingerprint density at radius 1 is 0.333 bits per heavy atom. The third kappa shape index (κ3) is 2.48. The Kier molecular flexibility index (Phi) is 3.78. The summed E-state index contributed by atoms with van der Waals surface area (Å²) < 4.78 is 0. The molecule has 0 N–H and O–H groups in total. The number of rotatable bonds is 3. The summed E-state index contributed by atoms with van der Waals surface area (Å²) >= 11 is 0. The van der Waals surface area contributed by atoms with Crippen LogP contribution in [0.1, 0.15) is 11.1 Å². The van der Waals surface area contributed by atoms with E-state index < -0.39 is 0 Å². The number of allylic oxidation sites excluding steroid dienone is 2. The fraction of sp³-hybridized carbons (Fsp3) is 0. The molecule has 36 heavy (non-hydrogen) atoms. The van der Waals surface area contributed by atoms with Crippen LogP contribution in [-0.2, 0) is 0 Å². The van der Waals surface area contributed by atoms with E-state index >= 15 is 0 Å². The minimum Gasteiger partial charge on any atom is -0.0905 e. The lowest BCUT2D eigenvalue weighted by molar-refractivity contribution is 1.69. The van der Waals surface area contributed by atoms with E-state index in [0.717, 1.165) is 22.3 Å². The van der Waals surface area contributed by atoms with Crippen LogP contribution in [0.4, 0.5) is 0 Å². The molecule has 0 heteroatoms. The van der Waals surface area contributed by atoms with Gasteiger partial charge in [0.1, 0.15) is 0 Å². The van der Waals surface area contributed by atoms with Crippen molar-refractivity contribution in [2.24, 2.45) is 0 Å². The van der Waals surface area contributed by atoms with Gasteiger partial charge in [0.2, 0.25) is 0 Å². The predicted octanol–water partition coefficient (Wildman–Crippen LogP) is 10.2. The quantitative estimate of drug-likeness (QED) is 0.184. The van der Waals surface area contributed by atoms with Crippen molar-refractivity contribution < 1.29 is 0 Å². The van der Waals surface area contributed by atoms with E-state index in [9.17, 15) is 0 Å². The zero-order valence-corrected chi connectivity index (χ0v) is 19.8. The Morgan fingerprint density at radius 2 is 0.639 bits per heavy atom. The summed E-state index contributed by atoms with van der Waals surface area (Å²) in [5.74, 6) is 0. The van der Waals surface area contributed by atoms with Gasteiger partial charge in [-0.3, -0.25) is 0 Å². The van der Waals surface area contributed by atoms with Crippen LogP contribution in [0.5, 0.6) is 0 Å². The lowest BCUT2D eigenvalue weighted by Gasteiger charge is -2.19. The molecule has 0 atom stereocenters. The molecule has 8 aromatic carbocycles. The Hall–Kier alpha value is -4.68. The van der Waals surface area contributed by atoms with Crippen molar-refractivity contribution >= 4 is 75.8 Å². The molecular weight excluding hydrogens is 432 g/mol.